The Hall–Kier alpha value is -2.93. The summed E-state index contributed by atoms with van der Waals surface area (Å²) in [5.74, 6) is 0.0670. The Labute approximate surface area is 169 Å². The predicted molar refractivity (Wildman–Crippen MR) is 108 cm³/mol. The lowest BCUT2D eigenvalue weighted by molar-refractivity contribution is -0.915. The second-order valence-electron chi connectivity index (χ2n) is 7.60. The van der Waals surface area contributed by atoms with E-state index in [1.165, 1.54) is 17.0 Å². The van der Waals surface area contributed by atoms with Gasteiger partial charge >= 0.3 is 0 Å². The van der Waals surface area contributed by atoms with Crippen molar-refractivity contribution in [3.63, 3.8) is 0 Å². The first-order chi connectivity index (χ1) is 14.0. The molecule has 2 aliphatic rings. The fraction of sp³-hybridized carbons (Fsp3) is 0.364. The second-order valence-corrected chi connectivity index (χ2v) is 7.60. The summed E-state index contributed by atoms with van der Waals surface area (Å²) in [6.07, 6.45) is 0.224. The maximum Gasteiger partial charge on any atom is 0.292 e. The van der Waals surface area contributed by atoms with Gasteiger partial charge in [-0.1, -0.05) is 6.07 Å². The Kier molecular flexibility index (Phi) is 5.24. The molecule has 2 aliphatic heterocycles. The molecule has 0 bridgehead atoms. The zero-order chi connectivity index (χ0) is 20.5. The van der Waals surface area contributed by atoms with Crippen LogP contribution in [0.5, 0.6) is 5.75 Å². The van der Waals surface area contributed by atoms with Crippen LogP contribution >= 0.6 is 0 Å². The highest BCUT2D eigenvalue weighted by Gasteiger charge is 2.46. The van der Waals surface area contributed by atoms with Gasteiger partial charge in [0, 0.05) is 11.8 Å². The number of hydrogen-bond donors (Lipinski definition) is 1. The summed E-state index contributed by atoms with van der Waals surface area (Å²) in [4.78, 5) is 30.5. The summed E-state index contributed by atoms with van der Waals surface area (Å²) in [7, 11) is 1.57. The SMILES string of the molecule is COc1ccc(C)c(N2C(=O)C[C@H]([NH+]3CCN(c4ccc(F)cc4)CC3)C2=O)c1. The Bertz CT molecular complexity index is 923. The number of hydrogen-bond acceptors (Lipinski definition) is 4. The van der Waals surface area contributed by atoms with Gasteiger partial charge in [-0.3, -0.25) is 9.59 Å². The first-order valence-electron chi connectivity index (χ1n) is 9.84. The van der Waals surface area contributed by atoms with Gasteiger partial charge in [-0.2, -0.15) is 0 Å². The van der Waals surface area contributed by atoms with E-state index < -0.39 is 0 Å². The summed E-state index contributed by atoms with van der Waals surface area (Å²) >= 11 is 0. The van der Waals surface area contributed by atoms with Gasteiger partial charge in [0.2, 0.25) is 5.91 Å². The van der Waals surface area contributed by atoms with Crippen LogP contribution in [0.25, 0.3) is 0 Å². The van der Waals surface area contributed by atoms with Gasteiger partial charge in [0.25, 0.3) is 5.91 Å². The number of piperazine rings is 1. The van der Waals surface area contributed by atoms with Gasteiger partial charge in [0.1, 0.15) is 11.6 Å². The van der Waals surface area contributed by atoms with E-state index in [9.17, 15) is 14.0 Å². The Balaban J connectivity index is 1.46. The van der Waals surface area contributed by atoms with Crippen LogP contribution < -0.4 is 19.4 Å². The standard InChI is InChI=1S/C22H24FN3O3/c1-15-3-8-18(29-2)13-19(15)26-21(27)14-20(22(26)28)25-11-9-24(10-12-25)17-6-4-16(23)5-7-17/h3-8,13,20H,9-12,14H2,1-2H3/p+1/t20-/m0/s1. The normalized spacial score (nSPS) is 20.4. The molecule has 152 valence electrons. The van der Waals surface area contributed by atoms with Gasteiger partial charge in [0.15, 0.2) is 6.04 Å². The number of quaternary nitrogens is 1. The van der Waals surface area contributed by atoms with Crippen LogP contribution in [0.1, 0.15) is 12.0 Å². The van der Waals surface area contributed by atoms with Crippen molar-refractivity contribution in [2.45, 2.75) is 19.4 Å². The molecule has 2 fully saturated rings. The van der Waals surface area contributed by atoms with Gasteiger partial charge in [-0.25, -0.2) is 9.29 Å². The summed E-state index contributed by atoms with van der Waals surface area (Å²) in [6.45, 7) is 4.92. The average molecular weight is 398 g/mol. The number of benzene rings is 2. The van der Waals surface area contributed by atoms with Gasteiger partial charge in [-0.05, 0) is 42.8 Å². The van der Waals surface area contributed by atoms with Crippen molar-refractivity contribution in [3.05, 3.63) is 53.8 Å². The summed E-state index contributed by atoms with van der Waals surface area (Å²) in [5, 5.41) is 0. The second kappa shape index (κ2) is 7.83. The van der Waals surface area contributed by atoms with E-state index in [4.69, 9.17) is 4.74 Å². The summed E-state index contributed by atoms with van der Waals surface area (Å²) in [6, 6.07) is 11.5. The topological polar surface area (TPSA) is 54.3 Å². The molecule has 2 amide bonds. The number of anilines is 2. The van der Waals surface area contributed by atoms with Gasteiger partial charge < -0.3 is 14.5 Å². The van der Waals surface area contributed by atoms with Crippen molar-refractivity contribution in [2.24, 2.45) is 0 Å². The molecule has 29 heavy (non-hydrogen) atoms. The first kappa shape index (κ1) is 19.4. The van der Waals surface area contributed by atoms with E-state index in [0.717, 1.165) is 42.3 Å². The van der Waals surface area contributed by atoms with E-state index in [-0.39, 0.29) is 30.1 Å². The maximum absolute atomic E-state index is 13.1. The number of nitrogens with one attached hydrogen (secondary N) is 1. The number of imide groups is 1. The predicted octanol–water partition coefficient (Wildman–Crippen LogP) is 1.18. The van der Waals surface area contributed by atoms with Gasteiger partial charge in [-0.15, -0.1) is 0 Å². The minimum absolute atomic E-state index is 0.142. The zero-order valence-electron chi connectivity index (χ0n) is 16.7. The zero-order valence-corrected chi connectivity index (χ0v) is 16.7. The molecular weight excluding hydrogens is 373 g/mol. The molecular formula is C22H25FN3O3+. The molecule has 0 aromatic heterocycles. The average Bonchev–Trinajstić information content (AvgIpc) is 3.03. The lowest BCUT2D eigenvalue weighted by Crippen LogP contribution is -3.19. The number of rotatable bonds is 4. The molecule has 2 aromatic rings. The summed E-state index contributed by atoms with van der Waals surface area (Å²) in [5.41, 5.74) is 2.45. The van der Waals surface area contributed by atoms with Crippen molar-refractivity contribution >= 4 is 23.2 Å². The first-order valence-corrected chi connectivity index (χ1v) is 9.84. The number of nitrogens with zero attached hydrogens (tertiary/aromatic N) is 2. The molecule has 2 heterocycles. The van der Waals surface area contributed by atoms with Crippen molar-refractivity contribution in [1.82, 2.24) is 0 Å². The van der Waals surface area contributed by atoms with Crippen LogP contribution in [0.2, 0.25) is 0 Å². The number of carbonyl (C=O) groups is 2. The molecule has 1 N–H and O–H groups in total. The molecule has 2 saturated heterocycles. The van der Waals surface area contributed by atoms with E-state index in [2.05, 4.69) is 4.90 Å². The Morgan fingerprint density at radius 2 is 1.76 bits per heavy atom. The van der Waals surface area contributed by atoms with E-state index >= 15 is 0 Å². The smallest absolute Gasteiger partial charge is 0.292 e. The molecule has 0 unspecified atom stereocenters. The molecule has 0 spiro atoms. The Morgan fingerprint density at radius 1 is 1.07 bits per heavy atom. The van der Waals surface area contributed by atoms with Crippen LogP contribution in [0.15, 0.2) is 42.5 Å². The quantitative estimate of drug-likeness (QED) is 0.786. The molecule has 1 atom stereocenters. The third kappa shape index (κ3) is 3.70. The van der Waals surface area contributed by atoms with E-state index in [1.54, 1.807) is 25.3 Å². The van der Waals surface area contributed by atoms with E-state index in [0.29, 0.717) is 11.4 Å². The fourth-order valence-corrected chi connectivity index (χ4v) is 4.21. The minimum Gasteiger partial charge on any atom is -0.497 e. The van der Waals surface area contributed by atoms with Crippen molar-refractivity contribution in [2.75, 3.05) is 43.1 Å². The molecule has 4 rings (SSSR count). The lowest BCUT2D eigenvalue weighted by Gasteiger charge is -2.35. The molecule has 0 radical (unpaired) electrons. The lowest BCUT2D eigenvalue weighted by atomic mass is 10.1. The molecule has 6 nitrogen and oxygen atoms in total. The number of amides is 2. The number of carbonyl (C=O) groups excluding carboxylic acids is 2. The molecule has 2 aromatic carbocycles. The van der Waals surface area contributed by atoms with Crippen LogP contribution in [0, 0.1) is 12.7 Å². The van der Waals surface area contributed by atoms with Crippen LogP contribution in [-0.4, -0.2) is 51.1 Å². The van der Waals surface area contributed by atoms with Crippen LogP contribution in [-0.2, 0) is 9.59 Å². The van der Waals surface area contributed by atoms with Crippen LogP contribution in [0.4, 0.5) is 15.8 Å². The minimum atomic E-state index is -0.358. The van der Waals surface area contributed by atoms with Crippen molar-refractivity contribution in [1.29, 1.82) is 0 Å². The van der Waals surface area contributed by atoms with Gasteiger partial charge in [0.05, 0.1) is 45.4 Å². The number of halogens is 1. The molecule has 0 saturated carbocycles. The van der Waals surface area contributed by atoms with Crippen molar-refractivity contribution in [3.8, 4) is 5.75 Å². The number of aryl methyl sites for hydroxylation is 1. The maximum atomic E-state index is 13.1. The third-order valence-corrected chi connectivity index (χ3v) is 5.89. The van der Waals surface area contributed by atoms with E-state index in [1.807, 2.05) is 19.1 Å². The molecule has 0 aliphatic carbocycles. The highest BCUT2D eigenvalue weighted by molar-refractivity contribution is 6.22. The highest BCUT2D eigenvalue weighted by Crippen LogP contribution is 2.29. The fourth-order valence-electron chi connectivity index (χ4n) is 4.21. The van der Waals surface area contributed by atoms with Crippen LogP contribution in [0.3, 0.4) is 0 Å². The summed E-state index contributed by atoms with van der Waals surface area (Å²) < 4.78 is 18.4. The molecule has 7 heteroatoms. The Morgan fingerprint density at radius 3 is 2.41 bits per heavy atom. The monoisotopic (exact) mass is 398 g/mol. The third-order valence-electron chi connectivity index (χ3n) is 5.89. The van der Waals surface area contributed by atoms with Crippen molar-refractivity contribution < 1.29 is 23.6 Å². The highest BCUT2D eigenvalue weighted by atomic mass is 19.1. The number of ether oxygens (including phenoxy) is 1. The number of methoxy groups -OCH3 is 1. The largest absolute Gasteiger partial charge is 0.497 e.